The zero-order chi connectivity index (χ0) is 21.0. The maximum atomic E-state index is 13.0. The van der Waals surface area contributed by atoms with Gasteiger partial charge in [0.25, 0.3) is 0 Å². The maximum Gasteiger partial charge on any atom is 0.227 e. The third kappa shape index (κ3) is 5.51. The first-order chi connectivity index (χ1) is 13.8. The van der Waals surface area contributed by atoms with Crippen LogP contribution < -0.4 is 0 Å². The van der Waals surface area contributed by atoms with Crippen molar-refractivity contribution < 1.29 is 13.2 Å². The first-order valence-electron chi connectivity index (χ1n) is 9.47. The molecular weight excluding hydrogens is 431 g/mol. The second-order valence-corrected chi connectivity index (χ2v) is 10.1. The number of carbonyl (C=O) groups is 1. The molecule has 29 heavy (non-hydrogen) atoms. The van der Waals surface area contributed by atoms with Gasteiger partial charge in [-0.15, -0.1) is 0 Å². The van der Waals surface area contributed by atoms with Gasteiger partial charge in [-0.2, -0.15) is 0 Å². The quantitative estimate of drug-likeness (QED) is 0.656. The van der Waals surface area contributed by atoms with Gasteiger partial charge in [0, 0.05) is 42.3 Å². The van der Waals surface area contributed by atoms with Crippen LogP contribution in [-0.4, -0.2) is 43.7 Å². The summed E-state index contributed by atoms with van der Waals surface area (Å²) in [4.78, 5) is 14.6. The molecule has 8 heteroatoms. The second kappa shape index (κ2) is 9.47. The minimum Gasteiger partial charge on any atom is -0.341 e. The van der Waals surface area contributed by atoms with Crippen molar-refractivity contribution in [2.75, 3.05) is 20.1 Å². The normalized spacial score (nSPS) is 17.8. The Morgan fingerprint density at radius 3 is 2.41 bits per heavy atom. The van der Waals surface area contributed by atoms with Crippen molar-refractivity contribution in [3.8, 4) is 0 Å². The van der Waals surface area contributed by atoms with Crippen LogP contribution in [0.3, 0.4) is 0 Å². The van der Waals surface area contributed by atoms with E-state index in [1.165, 1.54) is 4.31 Å². The fourth-order valence-electron chi connectivity index (χ4n) is 3.59. The van der Waals surface area contributed by atoms with E-state index in [0.717, 1.165) is 5.56 Å². The monoisotopic (exact) mass is 454 g/mol. The van der Waals surface area contributed by atoms with Gasteiger partial charge in [0.15, 0.2) is 0 Å². The summed E-state index contributed by atoms with van der Waals surface area (Å²) in [7, 11) is -1.88. The Balaban J connectivity index is 1.68. The summed E-state index contributed by atoms with van der Waals surface area (Å²) in [5.41, 5.74) is 1.43. The maximum absolute atomic E-state index is 13.0. The van der Waals surface area contributed by atoms with Crippen molar-refractivity contribution >= 4 is 39.1 Å². The molecular formula is C21H24Cl2N2O3S. The van der Waals surface area contributed by atoms with Gasteiger partial charge < -0.3 is 4.90 Å². The summed E-state index contributed by atoms with van der Waals surface area (Å²) in [5, 5.41) is 0.654. The molecule has 5 nitrogen and oxygen atoms in total. The molecule has 0 unspecified atom stereocenters. The molecule has 1 heterocycles. The highest BCUT2D eigenvalue weighted by molar-refractivity contribution is 7.88. The SMILES string of the molecule is CN(Cc1ccccc1)C(=O)[C@@H]1CCCN(S(=O)(=O)Cc2c(Cl)cccc2Cl)C1. The molecule has 2 aromatic rings. The van der Waals surface area contributed by atoms with Crippen molar-refractivity contribution in [2.45, 2.75) is 25.1 Å². The lowest BCUT2D eigenvalue weighted by Gasteiger charge is -2.33. The molecule has 1 atom stereocenters. The minimum atomic E-state index is -3.64. The highest BCUT2D eigenvalue weighted by Gasteiger charge is 2.34. The molecule has 0 radical (unpaired) electrons. The van der Waals surface area contributed by atoms with E-state index in [0.29, 0.717) is 41.5 Å². The molecule has 0 N–H and O–H groups in total. The van der Waals surface area contributed by atoms with E-state index in [1.807, 2.05) is 30.3 Å². The van der Waals surface area contributed by atoms with Crippen molar-refractivity contribution in [3.05, 3.63) is 69.7 Å². The van der Waals surface area contributed by atoms with Crippen LogP contribution in [-0.2, 0) is 27.1 Å². The van der Waals surface area contributed by atoms with Crippen molar-refractivity contribution in [2.24, 2.45) is 5.92 Å². The van der Waals surface area contributed by atoms with Gasteiger partial charge in [-0.1, -0.05) is 59.6 Å². The first-order valence-corrected chi connectivity index (χ1v) is 11.8. The number of nitrogens with zero attached hydrogens (tertiary/aromatic N) is 2. The lowest BCUT2D eigenvalue weighted by Crippen LogP contribution is -2.46. The van der Waals surface area contributed by atoms with E-state index in [-0.39, 0.29) is 24.1 Å². The Hall–Kier alpha value is -1.60. The molecule has 1 fully saturated rings. The van der Waals surface area contributed by atoms with Crippen molar-refractivity contribution in [1.29, 1.82) is 0 Å². The van der Waals surface area contributed by atoms with E-state index >= 15 is 0 Å². The predicted octanol–water partition coefficient (Wildman–Crippen LogP) is 4.19. The van der Waals surface area contributed by atoms with Crippen LogP contribution in [0.4, 0.5) is 0 Å². The van der Waals surface area contributed by atoms with Gasteiger partial charge >= 0.3 is 0 Å². The number of piperidine rings is 1. The number of sulfonamides is 1. The molecule has 1 amide bonds. The van der Waals surface area contributed by atoms with Crippen LogP contribution in [0.5, 0.6) is 0 Å². The molecule has 0 aromatic heterocycles. The number of benzene rings is 2. The topological polar surface area (TPSA) is 57.7 Å². The average Bonchev–Trinajstić information content (AvgIpc) is 2.71. The van der Waals surface area contributed by atoms with Gasteiger partial charge in [-0.3, -0.25) is 4.79 Å². The van der Waals surface area contributed by atoms with Crippen LogP contribution in [0.25, 0.3) is 0 Å². The number of carbonyl (C=O) groups excluding carboxylic acids is 1. The highest BCUT2D eigenvalue weighted by atomic mass is 35.5. The van der Waals surface area contributed by atoms with E-state index in [4.69, 9.17) is 23.2 Å². The first kappa shape index (κ1) is 22.1. The Labute approximate surface area is 182 Å². The third-order valence-electron chi connectivity index (χ3n) is 5.15. The fraction of sp³-hybridized carbons (Fsp3) is 0.381. The van der Waals surface area contributed by atoms with Crippen LogP contribution in [0.1, 0.15) is 24.0 Å². The van der Waals surface area contributed by atoms with E-state index < -0.39 is 10.0 Å². The predicted molar refractivity (Wildman–Crippen MR) is 116 cm³/mol. The Bertz CT molecular complexity index is 947. The summed E-state index contributed by atoms with van der Waals surface area (Å²) in [5.74, 6) is -0.662. The second-order valence-electron chi connectivity index (χ2n) is 7.33. The van der Waals surface area contributed by atoms with Gasteiger partial charge in [-0.25, -0.2) is 12.7 Å². The smallest absolute Gasteiger partial charge is 0.227 e. The number of hydrogen-bond donors (Lipinski definition) is 0. The standard InChI is InChI=1S/C21H24Cl2N2O3S/c1-24(13-16-7-3-2-4-8-16)21(26)17-9-6-12-25(14-17)29(27,28)15-18-19(22)10-5-11-20(18)23/h2-5,7-8,10-11,17H,6,9,12-15H2,1H3/t17-/m1/s1. The van der Waals surface area contributed by atoms with Gasteiger partial charge in [0.05, 0.1) is 11.7 Å². The summed E-state index contributed by atoms with van der Waals surface area (Å²) >= 11 is 12.3. The minimum absolute atomic E-state index is 0.0375. The summed E-state index contributed by atoms with van der Waals surface area (Å²) < 4.78 is 27.3. The largest absolute Gasteiger partial charge is 0.341 e. The number of hydrogen-bond acceptors (Lipinski definition) is 3. The van der Waals surface area contributed by atoms with Crippen LogP contribution in [0.15, 0.2) is 48.5 Å². The van der Waals surface area contributed by atoms with Gasteiger partial charge in [0.2, 0.25) is 15.9 Å². The van der Waals surface area contributed by atoms with Crippen LogP contribution in [0, 0.1) is 5.92 Å². The lowest BCUT2D eigenvalue weighted by atomic mass is 9.98. The Morgan fingerprint density at radius 2 is 1.76 bits per heavy atom. The Morgan fingerprint density at radius 1 is 1.10 bits per heavy atom. The van der Waals surface area contributed by atoms with Crippen LogP contribution in [0.2, 0.25) is 10.0 Å². The molecule has 3 rings (SSSR count). The Kier molecular flexibility index (Phi) is 7.22. The van der Waals surface area contributed by atoms with Crippen molar-refractivity contribution in [3.63, 3.8) is 0 Å². The van der Waals surface area contributed by atoms with Gasteiger partial charge in [0.1, 0.15) is 0 Å². The van der Waals surface area contributed by atoms with Crippen molar-refractivity contribution in [1.82, 2.24) is 9.21 Å². The van der Waals surface area contributed by atoms with Crippen LogP contribution >= 0.6 is 23.2 Å². The molecule has 1 saturated heterocycles. The number of halogens is 2. The van der Waals surface area contributed by atoms with Gasteiger partial charge in [-0.05, 0) is 30.5 Å². The molecule has 0 aliphatic carbocycles. The third-order valence-corrected chi connectivity index (χ3v) is 7.63. The summed E-state index contributed by atoms with van der Waals surface area (Å²) in [6.45, 7) is 1.08. The average molecular weight is 455 g/mol. The number of amides is 1. The van der Waals surface area contributed by atoms with E-state index in [1.54, 1.807) is 30.1 Å². The fourth-order valence-corrected chi connectivity index (χ4v) is 5.95. The molecule has 0 bridgehead atoms. The lowest BCUT2D eigenvalue weighted by molar-refractivity contribution is -0.135. The molecule has 1 aliphatic rings. The summed E-state index contributed by atoms with van der Waals surface area (Å²) in [6.07, 6.45) is 1.32. The zero-order valence-electron chi connectivity index (χ0n) is 16.2. The molecule has 2 aromatic carbocycles. The summed E-state index contributed by atoms with van der Waals surface area (Å²) in [6, 6.07) is 14.7. The molecule has 0 saturated carbocycles. The molecule has 1 aliphatic heterocycles. The molecule has 0 spiro atoms. The molecule has 156 valence electrons. The van der Waals surface area contributed by atoms with E-state index in [9.17, 15) is 13.2 Å². The number of rotatable bonds is 6. The van der Waals surface area contributed by atoms with E-state index in [2.05, 4.69) is 0 Å². The zero-order valence-corrected chi connectivity index (χ0v) is 18.6. The highest BCUT2D eigenvalue weighted by Crippen LogP contribution is 2.29.